The van der Waals surface area contributed by atoms with Gasteiger partial charge in [-0.2, -0.15) is 0 Å². The van der Waals surface area contributed by atoms with Crippen LogP contribution in [0.1, 0.15) is 174 Å². The normalized spacial score (nSPS) is 13.1. The smallest absolute Gasteiger partial charge is 0.362 e. The van der Waals surface area contributed by atoms with E-state index in [-0.39, 0.29) is 42.7 Å². The van der Waals surface area contributed by atoms with Gasteiger partial charge in [-0.1, -0.05) is 142 Å². The molecule has 0 spiro atoms. The molecule has 0 radical (unpaired) electrons. The molecule has 0 aliphatic carbocycles. The van der Waals surface area contributed by atoms with Crippen molar-refractivity contribution in [2.24, 2.45) is 0 Å². The SMILES string of the molecule is CCCCC/C=C/CCC(=O)OCC(COCCC(C(=O)O)[N+](C)(C)C)OC(=O)CCCCCCCCCCCCCCCCCCC. The van der Waals surface area contributed by atoms with Gasteiger partial charge in [0, 0.05) is 19.3 Å². The lowest BCUT2D eigenvalue weighted by atomic mass is 10.0. The fourth-order valence-electron chi connectivity index (χ4n) is 5.81. The van der Waals surface area contributed by atoms with E-state index in [2.05, 4.69) is 19.9 Å². The van der Waals surface area contributed by atoms with Crippen LogP contribution in [0.15, 0.2) is 12.2 Å². The fourth-order valence-corrected chi connectivity index (χ4v) is 5.81. The van der Waals surface area contributed by atoms with Gasteiger partial charge in [-0.05, 0) is 25.7 Å². The number of nitrogens with zero attached hydrogens (tertiary/aromatic N) is 1. The molecule has 0 fully saturated rings. The number of esters is 2. The predicted octanol–water partition coefficient (Wildman–Crippen LogP) is 9.97. The Bertz CT molecular complexity index is 808. The van der Waals surface area contributed by atoms with Crippen LogP contribution in [-0.4, -0.2) is 80.6 Å². The molecule has 0 aromatic rings. The van der Waals surface area contributed by atoms with Crippen LogP contribution in [0.4, 0.5) is 0 Å². The van der Waals surface area contributed by atoms with Crippen LogP contribution in [0.25, 0.3) is 0 Å². The van der Waals surface area contributed by atoms with Gasteiger partial charge in [-0.15, -0.1) is 0 Å². The minimum Gasteiger partial charge on any atom is -0.477 e. The van der Waals surface area contributed by atoms with Crippen LogP contribution in [0.3, 0.4) is 0 Å². The van der Waals surface area contributed by atoms with Crippen molar-refractivity contribution in [3.05, 3.63) is 12.2 Å². The molecule has 8 heteroatoms. The first-order valence-electron chi connectivity index (χ1n) is 19.7. The molecule has 0 saturated carbocycles. The zero-order valence-electron chi connectivity index (χ0n) is 32.0. The van der Waals surface area contributed by atoms with Gasteiger partial charge in [-0.3, -0.25) is 9.59 Å². The summed E-state index contributed by atoms with van der Waals surface area (Å²) in [4.78, 5) is 36.6. The van der Waals surface area contributed by atoms with Crippen molar-refractivity contribution in [2.75, 3.05) is 41.0 Å². The largest absolute Gasteiger partial charge is 0.477 e. The Labute approximate surface area is 295 Å². The zero-order chi connectivity index (χ0) is 35.7. The molecule has 48 heavy (non-hydrogen) atoms. The van der Waals surface area contributed by atoms with E-state index in [0.717, 1.165) is 32.1 Å². The Kier molecular flexibility index (Phi) is 31.0. The summed E-state index contributed by atoms with van der Waals surface area (Å²) >= 11 is 0. The Hall–Kier alpha value is -1.93. The standard InChI is InChI=1S/C40H75NO7/c1-6-8-10-12-14-15-16-17-18-19-20-21-22-23-25-27-29-31-39(43)48-36(34-46-33-32-37(40(44)45)41(3,4)5)35-47-38(42)30-28-26-24-13-11-9-7-2/h24,26,36-37H,6-23,25,27-35H2,1-5H3/p+1/b26-24+. The number of hydrogen-bond acceptors (Lipinski definition) is 6. The number of carboxylic acid groups (broad SMARTS) is 1. The highest BCUT2D eigenvalue weighted by atomic mass is 16.6. The molecule has 0 amide bonds. The van der Waals surface area contributed by atoms with Crippen molar-refractivity contribution in [3.63, 3.8) is 0 Å². The van der Waals surface area contributed by atoms with Crippen LogP contribution in [0.5, 0.6) is 0 Å². The van der Waals surface area contributed by atoms with Crippen LogP contribution < -0.4 is 0 Å². The molecule has 0 aliphatic rings. The first-order chi connectivity index (χ1) is 23.1. The highest BCUT2D eigenvalue weighted by Gasteiger charge is 2.31. The number of ether oxygens (including phenoxy) is 3. The molecule has 2 unspecified atom stereocenters. The number of rotatable bonds is 35. The van der Waals surface area contributed by atoms with E-state index in [9.17, 15) is 19.5 Å². The number of carbonyl (C=O) groups is 3. The molecule has 0 aliphatic heterocycles. The molecule has 0 rings (SSSR count). The maximum absolute atomic E-state index is 12.6. The molecule has 0 bridgehead atoms. The van der Waals surface area contributed by atoms with Crippen LogP contribution in [0.2, 0.25) is 0 Å². The third kappa shape index (κ3) is 30.2. The second kappa shape index (κ2) is 32.3. The molecule has 0 aromatic carbocycles. The van der Waals surface area contributed by atoms with E-state index in [4.69, 9.17) is 14.2 Å². The molecule has 1 N–H and O–H groups in total. The van der Waals surface area contributed by atoms with Gasteiger partial charge in [0.15, 0.2) is 12.1 Å². The number of likely N-dealkylation sites (N-methyl/N-ethyl adjacent to an activating group) is 1. The lowest BCUT2D eigenvalue weighted by Crippen LogP contribution is -2.50. The van der Waals surface area contributed by atoms with E-state index in [1.807, 2.05) is 27.2 Å². The van der Waals surface area contributed by atoms with Gasteiger partial charge >= 0.3 is 17.9 Å². The van der Waals surface area contributed by atoms with Crippen LogP contribution in [0, 0.1) is 0 Å². The van der Waals surface area contributed by atoms with Crippen molar-refractivity contribution in [2.45, 2.75) is 187 Å². The summed E-state index contributed by atoms with van der Waals surface area (Å²) in [5.41, 5.74) is 0. The Balaban J connectivity index is 4.29. The minimum atomic E-state index is -0.878. The number of quaternary nitrogens is 1. The average molecular weight is 683 g/mol. The third-order valence-corrected chi connectivity index (χ3v) is 8.93. The summed E-state index contributed by atoms with van der Waals surface area (Å²) in [5.74, 6) is -1.53. The Morgan fingerprint density at radius 3 is 1.58 bits per heavy atom. The average Bonchev–Trinajstić information content (AvgIpc) is 3.03. The number of carboxylic acids is 1. The van der Waals surface area contributed by atoms with E-state index >= 15 is 0 Å². The number of aliphatic carboxylic acids is 1. The van der Waals surface area contributed by atoms with Crippen molar-refractivity contribution in [3.8, 4) is 0 Å². The summed E-state index contributed by atoms with van der Waals surface area (Å²) in [6, 6.07) is -0.612. The summed E-state index contributed by atoms with van der Waals surface area (Å²) in [7, 11) is 5.51. The van der Waals surface area contributed by atoms with E-state index in [1.54, 1.807) is 0 Å². The van der Waals surface area contributed by atoms with Crippen molar-refractivity contribution < 1.29 is 38.2 Å². The number of carbonyl (C=O) groups excluding carboxylic acids is 2. The van der Waals surface area contributed by atoms with Crippen molar-refractivity contribution in [1.29, 1.82) is 0 Å². The molecule has 0 aromatic heterocycles. The maximum atomic E-state index is 12.6. The predicted molar refractivity (Wildman–Crippen MR) is 197 cm³/mol. The van der Waals surface area contributed by atoms with E-state index in [0.29, 0.717) is 19.3 Å². The van der Waals surface area contributed by atoms with Gasteiger partial charge in [0.1, 0.15) is 6.61 Å². The number of allylic oxidation sites excluding steroid dienone is 2. The molecular weight excluding hydrogens is 606 g/mol. The van der Waals surface area contributed by atoms with Crippen LogP contribution >= 0.6 is 0 Å². The summed E-state index contributed by atoms with van der Waals surface area (Å²) in [6.45, 7) is 4.64. The third-order valence-electron chi connectivity index (χ3n) is 8.93. The Morgan fingerprint density at radius 2 is 1.08 bits per heavy atom. The summed E-state index contributed by atoms with van der Waals surface area (Å²) < 4.78 is 17.1. The molecule has 0 saturated heterocycles. The molecule has 8 nitrogen and oxygen atoms in total. The fraction of sp³-hybridized carbons (Fsp3) is 0.875. The van der Waals surface area contributed by atoms with E-state index < -0.39 is 18.1 Å². The first-order valence-corrected chi connectivity index (χ1v) is 19.7. The van der Waals surface area contributed by atoms with E-state index in [1.165, 1.54) is 103 Å². The van der Waals surface area contributed by atoms with Gasteiger partial charge in [0.05, 0.1) is 34.4 Å². The second-order valence-electron chi connectivity index (χ2n) is 14.5. The number of unbranched alkanes of at least 4 members (excludes halogenated alkanes) is 19. The highest BCUT2D eigenvalue weighted by molar-refractivity contribution is 5.72. The van der Waals surface area contributed by atoms with Gasteiger partial charge in [0.25, 0.3) is 0 Å². The lowest BCUT2D eigenvalue weighted by molar-refractivity contribution is -0.887. The van der Waals surface area contributed by atoms with Crippen molar-refractivity contribution >= 4 is 17.9 Å². The van der Waals surface area contributed by atoms with Gasteiger partial charge < -0.3 is 23.8 Å². The highest BCUT2D eigenvalue weighted by Crippen LogP contribution is 2.15. The summed E-state index contributed by atoms with van der Waals surface area (Å²) in [5, 5.41) is 9.56. The molecule has 0 heterocycles. The van der Waals surface area contributed by atoms with Crippen molar-refractivity contribution in [1.82, 2.24) is 0 Å². The second-order valence-corrected chi connectivity index (χ2v) is 14.5. The molecule has 282 valence electrons. The van der Waals surface area contributed by atoms with Gasteiger partial charge in [0.2, 0.25) is 0 Å². The topological polar surface area (TPSA) is 99.1 Å². The summed E-state index contributed by atoms with van der Waals surface area (Å²) in [6.07, 6.45) is 31.4. The van der Waals surface area contributed by atoms with Crippen LogP contribution in [-0.2, 0) is 28.6 Å². The monoisotopic (exact) mass is 683 g/mol. The molecular formula is C40H76NO7+. The lowest BCUT2D eigenvalue weighted by Gasteiger charge is -2.31. The molecule has 2 atom stereocenters. The van der Waals surface area contributed by atoms with Gasteiger partial charge in [-0.25, -0.2) is 4.79 Å². The quantitative estimate of drug-likeness (QED) is 0.0307. The maximum Gasteiger partial charge on any atom is 0.362 e. The number of hydrogen-bond donors (Lipinski definition) is 1. The minimum absolute atomic E-state index is 0.0544. The Morgan fingerprint density at radius 1 is 0.604 bits per heavy atom. The zero-order valence-corrected chi connectivity index (χ0v) is 32.0. The first kappa shape index (κ1) is 46.1.